The summed E-state index contributed by atoms with van der Waals surface area (Å²) in [6.45, 7) is 1.85. The molecule has 6 nitrogen and oxygen atoms in total. The van der Waals surface area contributed by atoms with Crippen molar-refractivity contribution >= 4 is 0 Å². The predicted octanol–water partition coefficient (Wildman–Crippen LogP) is 0.882. The molecule has 0 aliphatic carbocycles. The molecule has 2 rings (SSSR count). The lowest BCUT2D eigenvalue weighted by Crippen LogP contribution is -2.14. The zero-order chi connectivity index (χ0) is 13.3. The Hall–Kier alpha value is -1.76. The van der Waals surface area contributed by atoms with Gasteiger partial charge in [-0.3, -0.25) is 9.52 Å². The number of nitrogens with zero attached hydrogens (tertiary/aromatic N) is 3. The highest BCUT2D eigenvalue weighted by molar-refractivity contribution is 5.13. The van der Waals surface area contributed by atoms with Crippen molar-refractivity contribution in [3.05, 3.63) is 47.8 Å². The molecule has 1 aromatic carbocycles. The largest absolute Gasteiger partial charge is 0.396 e. The number of nitrogens with one attached hydrogen (secondary N) is 1. The summed E-state index contributed by atoms with van der Waals surface area (Å²) in [7, 11) is 0. The fraction of sp³-hybridized carbons (Fsp3) is 0.385. The fourth-order valence-corrected chi connectivity index (χ4v) is 1.60. The molecule has 0 amide bonds. The van der Waals surface area contributed by atoms with E-state index >= 15 is 0 Å². The van der Waals surface area contributed by atoms with Crippen molar-refractivity contribution in [1.29, 1.82) is 0 Å². The lowest BCUT2D eigenvalue weighted by atomic mass is 10.2. The number of aromatic nitrogens is 3. The van der Waals surface area contributed by atoms with E-state index in [-0.39, 0.29) is 6.61 Å². The van der Waals surface area contributed by atoms with Gasteiger partial charge in [-0.05, 0) is 12.0 Å². The molecule has 2 aromatic rings. The molecule has 1 heterocycles. The van der Waals surface area contributed by atoms with Crippen LogP contribution in [0.25, 0.3) is 0 Å². The smallest absolute Gasteiger partial charge is 0.0988 e. The Morgan fingerprint density at radius 2 is 2.11 bits per heavy atom. The summed E-state index contributed by atoms with van der Waals surface area (Å²) in [5.74, 6) is 0. The van der Waals surface area contributed by atoms with E-state index in [1.165, 1.54) is 0 Å². The molecule has 0 spiro atoms. The van der Waals surface area contributed by atoms with Gasteiger partial charge < -0.3 is 5.11 Å². The average molecular weight is 262 g/mol. The normalized spacial score (nSPS) is 10.8. The standard InChI is InChI=1S/C13H18N4O2/c18-8-4-7-17-10-13(15-16-17)9-14-19-11-12-5-2-1-3-6-12/h1-3,5-6,10,14,18H,4,7-9,11H2. The molecule has 0 saturated carbocycles. The second-order valence-electron chi connectivity index (χ2n) is 4.15. The fourth-order valence-electron chi connectivity index (χ4n) is 1.60. The van der Waals surface area contributed by atoms with Gasteiger partial charge in [-0.1, -0.05) is 35.5 Å². The summed E-state index contributed by atoms with van der Waals surface area (Å²) in [4.78, 5) is 5.35. The van der Waals surface area contributed by atoms with Crippen LogP contribution in [0.5, 0.6) is 0 Å². The highest BCUT2D eigenvalue weighted by Crippen LogP contribution is 2.00. The summed E-state index contributed by atoms with van der Waals surface area (Å²) in [6.07, 6.45) is 2.52. The maximum atomic E-state index is 8.72. The van der Waals surface area contributed by atoms with Gasteiger partial charge in [-0.15, -0.1) is 5.10 Å². The van der Waals surface area contributed by atoms with Gasteiger partial charge in [-0.2, -0.15) is 5.48 Å². The topological polar surface area (TPSA) is 72.2 Å². The summed E-state index contributed by atoms with van der Waals surface area (Å²) in [5, 5.41) is 16.7. The van der Waals surface area contributed by atoms with E-state index in [2.05, 4.69) is 15.8 Å². The van der Waals surface area contributed by atoms with Crippen LogP contribution >= 0.6 is 0 Å². The monoisotopic (exact) mass is 262 g/mol. The van der Waals surface area contributed by atoms with Crippen LogP contribution < -0.4 is 5.48 Å². The van der Waals surface area contributed by atoms with Crippen molar-refractivity contribution in [2.24, 2.45) is 0 Å². The van der Waals surface area contributed by atoms with Gasteiger partial charge in [0.25, 0.3) is 0 Å². The Labute approximate surface area is 112 Å². The first kappa shape index (κ1) is 13.7. The van der Waals surface area contributed by atoms with Crippen LogP contribution in [-0.4, -0.2) is 26.7 Å². The third kappa shape index (κ3) is 4.78. The molecule has 6 heteroatoms. The van der Waals surface area contributed by atoms with Gasteiger partial charge >= 0.3 is 0 Å². The lowest BCUT2D eigenvalue weighted by Gasteiger charge is -2.03. The van der Waals surface area contributed by atoms with Crippen molar-refractivity contribution in [2.45, 2.75) is 26.1 Å². The summed E-state index contributed by atoms with van der Waals surface area (Å²) < 4.78 is 1.71. The molecule has 0 atom stereocenters. The first-order valence-electron chi connectivity index (χ1n) is 6.27. The Bertz CT molecular complexity index is 473. The van der Waals surface area contributed by atoms with E-state index in [9.17, 15) is 0 Å². The Kier molecular flexibility index (Phi) is 5.49. The first-order valence-corrected chi connectivity index (χ1v) is 6.27. The second kappa shape index (κ2) is 7.63. The van der Waals surface area contributed by atoms with E-state index < -0.39 is 0 Å². The van der Waals surface area contributed by atoms with E-state index in [1.54, 1.807) is 4.68 Å². The number of aryl methyl sites for hydroxylation is 1. The molecular weight excluding hydrogens is 244 g/mol. The minimum atomic E-state index is 0.160. The van der Waals surface area contributed by atoms with Gasteiger partial charge in [0, 0.05) is 19.3 Å². The minimum Gasteiger partial charge on any atom is -0.396 e. The highest BCUT2D eigenvalue weighted by Gasteiger charge is 2.00. The van der Waals surface area contributed by atoms with Crippen molar-refractivity contribution in [3.8, 4) is 0 Å². The van der Waals surface area contributed by atoms with Crippen molar-refractivity contribution in [2.75, 3.05) is 6.61 Å². The quantitative estimate of drug-likeness (QED) is 0.546. The summed E-state index contributed by atoms with van der Waals surface area (Å²) in [6, 6.07) is 9.94. The number of aliphatic hydroxyl groups is 1. The molecule has 102 valence electrons. The van der Waals surface area contributed by atoms with Crippen molar-refractivity contribution in [3.63, 3.8) is 0 Å². The van der Waals surface area contributed by atoms with Crippen LogP contribution in [0.4, 0.5) is 0 Å². The summed E-state index contributed by atoms with van der Waals surface area (Å²) >= 11 is 0. The van der Waals surface area contributed by atoms with Crippen LogP contribution in [0, 0.1) is 0 Å². The molecule has 0 radical (unpaired) electrons. The molecule has 0 fully saturated rings. The molecule has 0 unspecified atom stereocenters. The molecule has 1 aromatic heterocycles. The van der Waals surface area contributed by atoms with Gasteiger partial charge in [-0.25, -0.2) is 0 Å². The molecule has 0 aliphatic rings. The Balaban J connectivity index is 1.66. The average Bonchev–Trinajstić information content (AvgIpc) is 2.90. The van der Waals surface area contributed by atoms with Gasteiger partial charge in [0.15, 0.2) is 0 Å². The second-order valence-corrected chi connectivity index (χ2v) is 4.15. The van der Waals surface area contributed by atoms with Crippen LogP contribution in [0.2, 0.25) is 0 Å². The maximum Gasteiger partial charge on any atom is 0.0988 e. The van der Waals surface area contributed by atoms with Gasteiger partial charge in [0.1, 0.15) is 0 Å². The maximum absolute atomic E-state index is 8.72. The third-order valence-corrected chi connectivity index (χ3v) is 2.57. The van der Waals surface area contributed by atoms with E-state index in [4.69, 9.17) is 9.94 Å². The number of hydrogen-bond donors (Lipinski definition) is 2. The molecule has 0 saturated heterocycles. The van der Waals surface area contributed by atoms with Crippen LogP contribution in [0.1, 0.15) is 17.7 Å². The highest BCUT2D eigenvalue weighted by atomic mass is 16.6. The van der Waals surface area contributed by atoms with Crippen LogP contribution in [0.3, 0.4) is 0 Å². The minimum absolute atomic E-state index is 0.160. The van der Waals surface area contributed by atoms with Gasteiger partial charge in [0.2, 0.25) is 0 Å². The number of hydroxylamine groups is 1. The lowest BCUT2D eigenvalue weighted by molar-refractivity contribution is 0.0228. The van der Waals surface area contributed by atoms with Crippen LogP contribution in [-0.2, 0) is 24.5 Å². The van der Waals surface area contributed by atoms with E-state index in [0.717, 1.165) is 11.3 Å². The molecular formula is C13H18N4O2. The third-order valence-electron chi connectivity index (χ3n) is 2.57. The summed E-state index contributed by atoms with van der Waals surface area (Å²) in [5.41, 5.74) is 4.78. The molecule has 0 aliphatic heterocycles. The number of rotatable bonds is 8. The van der Waals surface area contributed by atoms with E-state index in [1.807, 2.05) is 36.5 Å². The zero-order valence-electron chi connectivity index (χ0n) is 10.7. The SMILES string of the molecule is OCCCn1cc(CNOCc2ccccc2)nn1. The number of benzene rings is 1. The molecule has 19 heavy (non-hydrogen) atoms. The Morgan fingerprint density at radius 1 is 1.26 bits per heavy atom. The van der Waals surface area contributed by atoms with E-state index in [0.29, 0.717) is 26.1 Å². The predicted molar refractivity (Wildman–Crippen MR) is 69.8 cm³/mol. The van der Waals surface area contributed by atoms with Gasteiger partial charge in [0.05, 0.1) is 18.8 Å². The van der Waals surface area contributed by atoms with Crippen molar-refractivity contribution in [1.82, 2.24) is 20.5 Å². The number of aliphatic hydroxyl groups excluding tert-OH is 1. The van der Waals surface area contributed by atoms with Crippen molar-refractivity contribution < 1.29 is 9.94 Å². The number of hydrogen-bond acceptors (Lipinski definition) is 5. The molecule has 0 bridgehead atoms. The Morgan fingerprint density at radius 3 is 2.89 bits per heavy atom. The zero-order valence-corrected chi connectivity index (χ0v) is 10.7. The van der Waals surface area contributed by atoms with Crippen LogP contribution in [0.15, 0.2) is 36.5 Å². The first-order chi connectivity index (χ1) is 9.38. The molecule has 2 N–H and O–H groups in total.